The van der Waals surface area contributed by atoms with E-state index in [4.69, 9.17) is 5.10 Å². The lowest BCUT2D eigenvalue weighted by Crippen LogP contribution is -3.00. The lowest BCUT2D eigenvalue weighted by Gasteiger charge is -2.09. The highest BCUT2D eigenvalue weighted by molar-refractivity contribution is 6.02. The second-order valence-electron chi connectivity index (χ2n) is 6.81. The topological polar surface area (TPSA) is 74.0 Å². The largest absolute Gasteiger partial charge is 1.00 e. The zero-order chi connectivity index (χ0) is 20.6. The van der Waals surface area contributed by atoms with Crippen LogP contribution < -0.4 is 17.7 Å². The summed E-state index contributed by atoms with van der Waals surface area (Å²) in [6, 6.07) is 21.5. The molecule has 0 atom stereocenters. The van der Waals surface area contributed by atoms with Crippen molar-refractivity contribution in [2.24, 2.45) is 0 Å². The third-order valence-electron chi connectivity index (χ3n) is 4.32. The second kappa shape index (κ2) is 11.0. The normalized spacial score (nSPS) is 10.9. The minimum Gasteiger partial charge on any atom is -1.00 e. The summed E-state index contributed by atoms with van der Waals surface area (Å²) in [6.07, 6.45) is 3.43. The molecule has 0 saturated carbocycles. The number of para-hydroxylation sites is 1. The predicted molar refractivity (Wildman–Crippen MR) is 114 cm³/mol. The van der Waals surface area contributed by atoms with E-state index < -0.39 is 0 Å². The van der Waals surface area contributed by atoms with Gasteiger partial charge < -0.3 is 22.6 Å². The molecular formula is C23H23ClN5O-. The minimum atomic E-state index is -0.388. The lowest BCUT2D eigenvalue weighted by molar-refractivity contribution is -0.117. The molecule has 1 aromatic heterocycles. The summed E-state index contributed by atoms with van der Waals surface area (Å²) in [5.41, 5.74) is 3.29. The molecule has 0 aliphatic carbocycles. The third kappa shape index (κ3) is 5.80. The molecule has 7 heteroatoms. The van der Waals surface area contributed by atoms with Gasteiger partial charge in [0.25, 0.3) is 5.91 Å². The monoisotopic (exact) mass is 420 g/mol. The number of benzene rings is 2. The second-order valence-corrected chi connectivity index (χ2v) is 6.81. The Labute approximate surface area is 182 Å². The van der Waals surface area contributed by atoms with Crippen molar-refractivity contribution in [1.29, 1.82) is 5.26 Å². The fourth-order valence-electron chi connectivity index (χ4n) is 2.82. The molecule has 0 aliphatic rings. The minimum absolute atomic E-state index is 0. The van der Waals surface area contributed by atoms with E-state index in [1.54, 1.807) is 10.8 Å². The van der Waals surface area contributed by atoms with Crippen molar-refractivity contribution in [1.82, 2.24) is 20.0 Å². The number of carbonyl (C=O) groups excluding carboxylic acids is 1. The molecule has 2 aromatic carbocycles. The van der Waals surface area contributed by atoms with Crippen LogP contribution in [0.15, 0.2) is 72.4 Å². The molecule has 0 fully saturated rings. The van der Waals surface area contributed by atoms with Gasteiger partial charge in [-0.3, -0.25) is 4.79 Å². The number of likely N-dealkylation sites (N-methyl/N-ethyl adjacent to an activating group) is 1. The van der Waals surface area contributed by atoms with Crippen LogP contribution in [0.3, 0.4) is 0 Å². The highest BCUT2D eigenvalue weighted by Crippen LogP contribution is 2.25. The van der Waals surface area contributed by atoms with Gasteiger partial charge in [-0.25, -0.2) is 4.68 Å². The molecule has 0 saturated heterocycles. The Bertz CT molecular complexity index is 1040. The molecule has 0 spiro atoms. The number of nitrogens with zero attached hydrogens (tertiary/aromatic N) is 4. The zero-order valence-electron chi connectivity index (χ0n) is 16.9. The van der Waals surface area contributed by atoms with Gasteiger partial charge in [0, 0.05) is 30.4 Å². The van der Waals surface area contributed by atoms with Crippen LogP contribution in [0.2, 0.25) is 0 Å². The molecule has 1 amide bonds. The van der Waals surface area contributed by atoms with Crippen LogP contribution in [0.4, 0.5) is 0 Å². The molecule has 3 aromatic rings. The Morgan fingerprint density at radius 1 is 1.13 bits per heavy atom. The summed E-state index contributed by atoms with van der Waals surface area (Å²) < 4.78 is 1.76. The highest BCUT2D eigenvalue weighted by Gasteiger charge is 2.14. The number of nitriles is 1. The number of rotatable bonds is 7. The zero-order valence-corrected chi connectivity index (χ0v) is 17.7. The molecule has 1 N–H and O–H groups in total. The molecule has 3 rings (SSSR count). The van der Waals surface area contributed by atoms with Gasteiger partial charge in [0.15, 0.2) is 0 Å². The van der Waals surface area contributed by atoms with Gasteiger partial charge in [0.1, 0.15) is 11.6 Å². The van der Waals surface area contributed by atoms with Gasteiger partial charge in [0.2, 0.25) is 0 Å². The Balaban J connectivity index is 0.00000320. The van der Waals surface area contributed by atoms with Gasteiger partial charge in [0.05, 0.1) is 11.4 Å². The Morgan fingerprint density at radius 2 is 1.77 bits per heavy atom. The standard InChI is InChI=1S/C23H23N5O.ClH/c1-27(2)14-13-25-23(29)19(16-24)15-20-17-28(21-11-7-4-8-12-21)26-22(20)18-9-5-3-6-10-18;/h3-12,15,17H,13-14H2,1-2H3,(H,25,29);1H/p-1/b19-15+;. The average molecular weight is 421 g/mol. The van der Waals surface area contributed by atoms with Crippen molar-refractivity contribution in [3.8, 4) is 23.0 Å². The highest BCUT2D eigenvalue weighted by atomic mass is 35.5. The first kappa shape index (κ1) is 22.9. The summed E-state index contributed by atoms with van der Waals surface area (Å²) in [4.78, 5) is 14.4. The Morgan fingerprint density at radius 3 is 2.37 bits per heavy atom. The number of nitrogens with one attached hydrogen (secondary N) is 1. The average Bonchev–Trinajstić information content (AvgIpc) is 3.17. The molecule has 0 radical (unpaired) electrons. The van der Waals surface area contributed by atoms with E-state index in [9.17, 15) is 10.1 Å². The van der Waals surface area contributed by atoms with Crippen molar-refractivity contribution >= 4 is 12.0 Å². The van der Waals surface area contributed by atoms with Gasteiger partial charge in [-0.2, -0.15) is 10.4 Å². The fraction of sp³-hybridized carbons (Fsp3) is 0.174. The molecule has 6 nitrogen and oxygen atoms in total. The van der Waals surface area contributed by atoms with Crippen LogP contribution in [0.1, 0.15) is 5.56 Å². The van der Waals surface area contributed by atoms with E-state index in [-0.39, 0.29) is 23.9 Å². The van der Waals surface area contributed by atoms with Crippen LogP contribution in [0, 0.1) is 11.3 Å². The summed E-state index contributed by atoms with van der Waals surface area (Å²) >= 11 is 0. The summed E-state index contributed by atoms with van der Waals surface area (Å²) in [5.74, 6) is -0.388. The molecule has 30 heavy (non-hydrogen) atoms. The van der Waals surface area contributed by atoms with Crippen LogP contribution >= 0.6 is 0 Å². The maximum absolute atomic E-state index is 12.4. The number of aromatic nitrogens is 2. The van der Waals surface area contributed by atoms with E-state index in [1.165, 1.54) is 0 Å². The van der Waals surface area contributed by atoms with Gasteiger partial charge in [-0.1, -0.05) is 48.5 Å². The van der Waals surface area contributed by atoms with Crippen LogP contribution in [0.25, 0.3) is 23.0 Å². The number of hydrogen-bond acceptors (Lipinski definition) is 4. The van der Waals surface area contributed by atoms with Crippen molar-refractivity contribution in [2.45, 2.75) is 0 Å². The van der Waals surface area contributed by atoms with Gasteiger partial charge >= 0.3 is 0 Å². The Hall–Kier alpha value is -3.40. The first-order valence-electron chi connectivity index (χ1n) is 9.33. The number of amides is 1. The van der Waals surface area contributed by atoms with Crippen molar-refractivity contribution < 1.29 is 17.2 Å². The summed E-state index contributed by atoms with van der Waals surface area (Å²) in [6.45, 7) is 1.17. The maximum Gasteiger partial charge on any atom is 0.262 e. The smallest absolute Gasteiger partial charge is 0.262 e. The van der Waals surface area contributed by atoms with Crippen molar-refractivity contribution in [3.63, 3.8) is 0 Å². The van der Waals surface area contributed by atoms with E-state index >= 15 is 0 Å². The summed E-state index contributed by atoms with van der Waals surface area (Å²) in [7, 11) is 3.86. The third-order valence-corrected chi connectivity index (χ3v) is 4.32. The number of halogens is 1. The predicted octanol–water partition coefficient (Wildman–Crippen LogP) is 0.128. The molecule has 154 valence electrons. The fourth-order valence-corrected chi connectivity index (χ4v) is 2.82. The molecule has 0 aliphatic heterocycles. The maximum atomic E-state index is 12.4. The molecule has 0 bridgehead atoms. The molecule has 1 heterocycles. The van der Waals surface area contributed by atoms with Crippen molar-refractivity contribution in [2.75, 3.05) is 27.2 Å². The van der Waals surface area contributed by atoms with Crippen LogP contribution in [-0.2, 0) is 4.79 Å². The lowest BCUT2D eigenvalue weighted by atomic mass is 10.1. The number of carbonyl (C=O) groups is 1. The van der Waals surface area contributed by atoms with Crippen LogP contribution in [-0.4, -0.2) is 47.8 Å². The van der Waals surface area contributed by atoms with E-state index in [2.05, 4.69) is 5.32 Å². The number of hydrogen-bond donors (Lipinski definition) is 1. The van der Waals surface area contributed by atoms with E-state index in [0.717, 1.165) is 11.3 Å². The van der Waals surface area contributed by atoms with Crippen LogP contribution in [0.5, 0.6) is 0 Å². The van der Waals surface area contributed by atoms with Gasteiger partial charge in [-0.15, -0.1) is 0 Å². The summed E-state index contributed by atoms with van der Waals surface area (Å²) in [5, 5.41) is 17.0. The van der Waals surface area contributed by atoms with Gasteiger partial charge in [-0.05, 0) is 32.3 Å². The quantitative estimate of drug-likeness (QED) is 0.435. The molecule has 0 unspecified atom stereocenters. The first-order valence-corrected chi connectivity index (χ1v) is 9.33. The van der Waals surface area contributed by atoms with E-state index in [1.807, 2.05) is 91.9 Å². The Kier molecular flexibility index (Phi) is 8.36. The molecular weight excluding hydrogens is 398 g/mol. The van der Waals surface area contributed by atoms with Crippen molar-refractivity contribution in [3.05, 3.63) is 78.0 Å². The van der Waals surface area contributed by atoms with E-state index in [0.29, 0.717) is 24.3 Å². The first-order chi connectivity index (χ1) is 14.1. The SMILES string of the molecule is CN(C)CCNC(=O)/C(C#N)=C/c1cn(-c2ccccc2)nc1-c1ccccc1.[Cl-].